The predicted octanol–water partition coefficient (Wildman–Crippen LogP) is 3.96. The summed E-state index contributed by atoms with van der Waals surface area (Å²) in [5, 5.41) is 9.71. The van der Waals surface area contributed by atoms with Crippen LogP contribution in [0.3, 0.4) is 0 Å². The molecule has 6 nitrogen and oxygen atoms in total. The molecule has 1 unspecified atom stereocenters. The molecule has 31 heavy (non-hydrogen) atoms. The van der Waals surface area contributed by atoms with Gasteiger partial charge in [-0.05, 0) is 62.6 Å². The van der Waals surface area contributed by atoms with Crippen LogP contribution in [0.2, 0.25) is 5.02 Å². The quantitative estimate of drug-likeness (QED) is 0.428. The number of aryl methyl sites for hydroxylation is 2. The van der Waals surface area contributed by atoms with E-state index in [-0.39, 0.29) is 12.6 Å². The number of rotatable bonds is 8. The molecular weight excluding hydrogens is 414 g/mol. The Hall–Kier alpha value is -2.83. The van der Waals surface area contributed by atoms with Crippen LogP contribution in [-0.2, 0) is 16.0 Å². The van der Waals surface area contributed by atoms with E-state index in [0.29, 0.717) is 29.4 Å². The molecule has 7 heteroatoms. The van der Waals surface area contributed by atoms with Crippen molar-refractivity contribution in [3.63, 3.8) is 0 Å². The van der Waals surface area contributed by atoms with Crippen molar-refractivity contribution in [2.24, 2.45) is 0 Å². The molecule has 3 N–H and O–H groups in total. The van der Waals surface area contributed by atoms with Crippen LogP contribution in [0.1, 0.15) is 35.2 Å². The summed E-state index contributed by atoms with van der Waals surface area (Å²) in [5.74, 6) is -0.435. The Balaban J connectivity index is 1.83. The minimum Gasteiger partial charge on any atom is -0.463 e. The number of carbonyl (C=O) groups excluding carboxylic acids is 2. The molecule has 0 spiro atoms. The van der Waals surface area contributed by atoms with Crippen molar-refractivity contribution < 1.29 is 14.3 Å². The third-order valence-electron chi connectivity index (χ3n) is 5.20. The van der Waals surface area contributed by atoms with Gasteiger partial charge < -0.3 is 20.7 Å². The molecule has 0 saturated carbocycles. The van der Waals surface area contributed by atoms with Gasteiger partial charge in [0.2, 0.25) is 0 Å². The summed E-state index contributed by atoms with van der Waals surface area (Å²) >= 11 is 5.93. The Kier molecular flexibility index (Phi) is 7.71. The molecular formula is C24H28ClN3O3. The van der Waals surface area contributed by atoms with Crippen molar-refractivity contribution in [3.8, 4) is 0 Å². The van der Waals surface area contributed by atoms with E-state index in [9.17, 15) is 9.59 Å². The maximum atomic E-state index is 12.9. The Morgan fingerprint density at radius 1 is 1.16 bits per heavy atom. The van der Waals surface area contributed by atoms with Gasteiger partial charge in [-0.15, -0.1) is 0 Å². The lowest BCUT2D eigenvalue weighted by atomic mass is 9.91. The molecule has 1 atom stereocenters. The minimum absolute atomic E-state index is 0.257. The monoisotopic (exact) mass is 441 g/mol. The maximum absolute atomic E-state index is 12.9. The minimum atomic E-state index is -0.569. The van der Waals surface area contributed by atoms with Crippen LogP contribution in [0.25, 0.3) is 0 Å². The number of nitrogens with one attached hydrogen (secondary N) is 3. The van der Waals surface area contributed by atoms with Gasteiger partial charge in [0.25, 0.3) is 0 Å². The zero-order valence-corrected chi connectivity index (χ0v) is 18.8. The smallest absolute Gasteiger partial charge is 0.338 e. The van der Waals surface area contributed by atoms with E-state index in [2.05, 4.69) is 16.0 Å². The largest absolute Gasteiger partial charge is 0.463 e. The van der Waals surface area contributed by atoms with Gasteiger partial charge >= 0.3 is 12.0 Å². The summed E-state index contributed by atoms with van der Waals surface area (Å²) in [5.41, 5.74) is 5.04. The second-order valence-electron chi connectivity index (χ2n) is 7.56. The van der Waals surface area contributed by atoms with Crippen molar-refractivity contribution in [2.75, 3.05) is 19.7 Å². The Morgan fingerprint density at radius 3 is 2.61 bits per heavy atom. The number of ether oxygens (including phenoxy) is 1. The molecule has 0 saturated heterocycles. The highest BCUT2D eigenvalue weighted by Gasteiger charge is 2.34. The van der Waals surface area contributed by atoms with E-state index in [0.717, 1.165) is 28.7 Å². The topological polar surface area (TPSA) is 79.5 Å². The molecule has 3 rings (SSSR count). The van der Waals surface area contributed by atoms with Crippen LogP contribution in [-0.4, -0.2) is 31.7 Å². The van der Waals surface area contributed by atoms with Crippen molar-refractivity contribution in [2.45, 2.75) is 33.2 Å². The van der Waals surface area contributed by atoms with Crippen molar-refractivity contribution in [1.82, 2.24) is 16.0 Å². The first-order valence-electron chi connectivity index (χ1n) is 10.4. The number of hydrogen-bond donors (Lipinski definition) is 3. The lowest BCUT2D eigenvalue weighted by molar-refractivity contribution is -0.139. The summed E-state index contributed by atoms with van der Waals surface area (Å²) in [4.78, 5) is 25.3. The molecule has 2 amide bonds. The van der Waals surface area contributed by atoms with Crippen LogP contribution in [0.15, 0.2) is 53.7 Å². The standard InChI is InChI=1S/C24H28ClN3O3/c1-4-31-23(29)21-20(14-26-12-11-17-7-9-18(25)10-8-17)27-24(30)28-22(21)19-13-15(2)5-6-16(19)3/h5-10,13,22,26H,4,11-12,14H2,1-3H3,(H2,27,28,30). The third-order valence-corrected chi connectivity index (χ3v) is 5.45. The van der Waals surface area contributed by atoms with Crippen molar-refractivity contribution in [3.05, 3.63) is 81.0 Å². The first-order chi connectivity index (χ1) is 14.9. The second kappa shape index (κ2) is 10.5. The van der Waals surface area contributed by atoms with Gasteiger partial charge in [-0.3, -0.25) is 0 Å². The second-order valence-corrected chi connectivity index (χ2v) is 7.99. The van der Waals surface area contributed by atoms with Crippen LogP contribution < -0.4 is 16.0 Å². The zero-order chi connectivity index (χ0) is 22.4. The summed E-state index contributed by atoms with van der Waals surface area (Å²) in [6.07, 6.45) is 0.797. The predicted molar refractivity (Wildman–Crippen MR) is 122 cm³/mol. The normalized spacial score (nSPS) is 16.0. The fourth-order valence-electron chi connectivity index (χ4n) is 3.61. The summed E-state index contributed by atoms with van der Waals surface area (Å²) in [7, 11) is 0. The number of carbonyl (C=O) groups is 2. The van der Waals surface area contributed by atoms with Gasteiger partial charge in [0.15, 0.2) is 0 Å². The summed E-state index contributed by atoms with van der Waals surface area (Å²) in [6, 6.07) is 12.8. The molecule has 2 aromatic rings. The summed E-state index contributed by atoms with van der Waals surface area (Å²) in [6.45, 7) is 7.00. The van der Waals surface area contributed by atoms with Gasteiger partial charge in [0.1, 0.15) is 0 Å². The molecule has 0 fully saturated rings. The fraction of sp³-hybridized carbons (Fsp3) is 0.333. The highest BCUT2D eigenvalue weighted by atomic mass is 35.5. The number of halogens is 1. The molecule has 164 valence electrons. The highest BCUT2D eigenvalue weighted by molar-refractivity contribution is 6.30. The summed E-state index contributed by atoms with van der Waals surface area (Å²) < 4.78 is 5.33. The molecule has 1 aliphatic rings. The van der Waals surface area contributed by atoms with E-state index < -0.39 is 12.0 Å². The lowest BCUT2D eigenvalue weighted by Crippen LogP contribution is -2.48. The molecule has 2 aromatic carbocycles. The number of amides is 2. The van der Waals surface area contributed by atoms with Crippen molar-refractivity contribution in [1.29, 1.82) is 0 Å². The molecule has 1 heterocycles. The zero-order valence-electron chi connectivity index (χ0n) is 18.0. The van der Waals surface area contributed by atoms with E-state index >= 15 is 0 Å². The van der Waals surface area contributed by atoms with Crippen LogP contribution in [0.4, 0.5) is 4.79 Å². The number of esters is 1. The Morgan fingerprint density at radius 2 is 1.90 bits per heavy atom. The maximum Gasteiger partial charge on any atom is 0.338 e. The average molecular weight is 442 g/mol. The Labute approximate surface area is 188 Å². The first-order valence-corrected chi connectivity index (χ1v) is 10.8. The molecule has 0 radical (unpaired) electrons. The number of hydrogen-bond acceptors (Lipinski definition) is 4. The number of benzene rings is 2. The van der Waals surface area contributed by atoms with E-state index in [1.54, 1.807) is 6.92 Å². The molecule has 0 aliphatic carbocycles. The van der Waals surface area contributed by atoms with E-state index in [4.69, 9.17) is 16.3 Å². The lowest BCUT2D eigenvalue weighted by Gasteiger charge is -2.30. The van der Waals surface area contributed by atoms with Gasteiger partial charge in [-0.2, -0.15) is 0 Å². The highest BCUT2D eigenvalue weighted by Crippen LogP contribution is 2.30. The van der Waals surface area contributed by atoms with Gasteiger partial charge in [-0.25, -0.2) is 9.59 Å². The SMILES string of the molecule is CCOC(=O)C1=C(CNCCc2ccc(Cl)cc2)NC(=O)NC1c1cc(C)ccc1C. The van der Waals surface area contributed by atoms with Gasteiger partial charge in [0.05, 0.1) is 18.2 Å². The first kappa shape index (κ1) is 22.8. The van der Waals surface area contributed by atoms with E-state index in [1.165, 1.54) is 0 Å². The van der Waals surface area contributed by atoms with Crippen LogP contribution in [0, 0.1) is 13.8 Å². The van der Waals surface area contributed by atoms with Crippen LogP contribution >= 0.6 is 11.6 Å². The van der Waals surface area contributed by atoms with Gasteiger partial charge in [-0.1, -0.05) is 47.5 Å². The molecule has 0 bridgehead atoms. The average Bonchev–Trinajstić information content (AvgIpc) is 2.74. The van der Waals surface area contributed by atoms with Crippen molar-refractivity contribution >= 4 is 23.6 Å². The Bertz CT molecular complexity index is 986. The molecule has 0 aromatic heterocycles. The van der Waals surface area contributed by atoms with Crippen LogP contribution in [0.5, 0.6) is 0 Å². The number of urea groups is 1. The van der Waals surface area contributed by atoms with Gasteiger partial charge in [0, 0.05) is 17.3 Å². The fourth-order valence-corrected chi connectivity index (χ4v) is 3.73. The molecule has 1 aliphatic heterocycles. The third kappa shape index (κ3) is 5.87. The van der Waals surface area contributed by atoms with E-state index in [1.807, 2.05) is 56.3 Å².